The number of hydrogen-bond acceptors (Lipinski definition) is 15. The lowest BCUT2D eigenvalue weighted by atomic mass is 9.92. The molecule has 0 heterocycles. The van der Waals surface area contributed by atoms with Gasteiger partial charge in [-0.3, -0.25) is 0 Å². The van der Waals surface area contributed by atoms with Crippen molar-refractivity contribution >= 4 is 0 Å². The molecule has 0 aliphatic heterocycles. The Morgan fingerprint density at radius 3 is 0.684 bits per heavy atom. The number of nitrogens with two attached hydrogens (primary N) is 7. The van der Waals surface area contributed by atoms with E-state index in [-0.39, 0.29) is 0 Å². The van der Waals surface area contributed by atoms with E-state index in [1.165, 1.54) is 12.8 Å². The summed E-state index contributed by atoms with van der Waals surface area (Å²) in [5, 5.41) is 0. The highest BCUT2D eigenvalue weighted by atomic mass is 16.5. The minimum atomic E-state index is -0.433. The molecule has 0 bridgehead atoms. The number of rotatable bonds is 48. The molecule has 0 amide bonds. The van der Waals surface area contributed by atoms with Crippen molar-refractivity contribution in [2.45, 2.75) is 90.4 Å². The first-order valence-electron chi connectivity index (χ1n) is 23.1. The van der Waals surface area contributed by atoms with Gasteiger partial charge in [-0.2, -0.15) is 0 Å². The molecule has 0 aromatic carbocycles. The van der Waals surface area contributed by atoms with E-state index in [4.69, 9.17) is 59.1 Å². The van der Waals surface area contributed by atoms with Crippen LogP contribution in [0.25, 0.3) is 0 Å². The first-order valence-corrected chi connectivity index (χ1v) is 23.1. The van der Waals surface area contributed by atoms with Crippen LogP contribution in [0, 0.1) is 5.41 Å². The maximum absolute atomic E-state index is 6.52. The third-order valence-corrected chi connectivity index (χ3v) is 10.3. The fraction of sp³-hybridized carbons (Fsp3) is 1.00. The van der Waals surface area contributed by atoms with Crippen molar-refractivity contribution in [1.29, 1.82) is 0 Å². The van der Waals surface area contributed by atoms with Crippen LogP contribution in [0.4, 0.5) is 0 Å². The second-order valence-corrected chi connectivity index (χ2v) is 15.8. The number of nitrogens with zero attached hydrogens (tertiary/aromatic N) is 4. The molecular formula is C42H97N11O4. The van der Waals surface area contributed by atoms with Crippen molar-refractivity contribution in [1.82, 2.24) is 19.6 Å². The van der Waals surface area contributed by atoms with E-state index >= 15 is 0 Å². The standard InChI is InChI=1S/C42H97N11O4/c1-2-3-22-50(23-4-15-43)30-11-34-54-38-42(39-55-35-12-31-51(24-5-16-44)25-6-17-45,40-56-36-13-32-52(26-7-18-46)27-8-19-47)41-57-37-14-33-53(28-9-20-48)29-10-21-49/h2-41,43-49H2,1H3. The maximum atomic E-state index is 6.52. The van der Waals surface area contributed by atoms with E-state index in [0.717, 1.165) is 156 Å². The van der Waals surface area contributed by atoms with E-state index in [0.29, 0.717) is 92.1 Å². The van der Waals surface area contributed by atoms with Gasteiger partial charge in [0.2, 0.25) is 0 Å². The molecule has 0 atom stereocenters. The Morgan fingerprint density at radius 2 is 0.491 bits per heavy atom. The van der Waals surface area contributed by atoms with Gasteiger partial charge in [0.15, 0.2) is 0 Å². The molecule has 0 unspecified atom stereocenters. The van der Waals surface area contributed by atoms with E-state index in [1.54, 1.807) is 0 Å². The van der Waals surface area contributed by atoms with E-state index in [1.807, 2.05) is 0 Å². The summed E-state index contributed by atoms with van der Waals surface area (Å²) < 4.78 is 26.1. The molecule has 0 aromatic heterocycles. The Balaban J connectivity index is 5.76. The SMILES string of the molecule is CCCCN(CCCN)CCCOCC(COCCCN(CCCN)CCCN)(COCCCN(CCCN)CCCN)COCCCN(CCCN)CCCN. The number of hydrogen-bond donors (Lipinski definition) is 7. The van der Waals surface area contributed by atoms with Crippen LogP contribution in [0.2, 0.25) is 0 Å². The lowest BCUT2D eigenvalue weighted by Crippen LogP contribution is -2.42. The van der Waals surface area contributed by atoms with Gasteiger partial charge in [-0.25, -0.2) is 0 Å². The van der Waals surface area contributed by atoms with Crippen LogP contribution in [0.5, 0.6) is 0 Å². The van der Waals surface area contributed by atoms with Crippen molar-refractivity contribution in [2.24, 2.45) is 45.6 Å². The van der Waals surface area contributed by atoms with Crippen molar-refractivity contribution in [3.8, 4) is 0 Å². The summed E-state index contributed by atoms with van der Waals surface area (Å²) in [5.74, 6) is 0. The Hall–Kier alpha value is -0.600. The number of unbranched alkanes of at least 4 members (excludes halogenated alkanes) is 1. The fourth-order valence-corrected chi connectivity index (χ4v) is 6.89. The summed E-state index contributed by atoms with van der Waals surface area (Å²) in [6.45, 7) is 23.8. The Kier molecular flexibility index (Phi) is 43.0. The van der Waals surface area contributed by atoms with Crippen molar-refractivity contribution in [3.63, 3.8) is 0 Å². The van der Waals surface area contributed by atoms with Crippen LogP contribution in [-0.2, 0) is 18.9 Å². The summed E-state index contributed by atoms with van der Waals surface area (Å²) in [6.07, 6.45) is 13.1. The molecule has 0 aliphatic carbocycles. The van der Waals surface area contributed by atoms with Gasteiger partial charge in [-0.15, -0.1) is 0 Å². The highest BCUT2D eigenvalue weighted by Crippen LogP contribution is 2.22. The average molecular weight is 820 g/mol. The molecule has 15 nitrogen and oxygen atoms in total. The van der Waals surface area contributed by atoms with E-state index in [9.17, 15) is 0 Å². The van der Waals surface area contributed by atoms with Crippen LogP contribution in [0.15, 0.2) is 0 Å². The summed E-state index contributed by atoms with van der Waals surface area (Å²) in [4.78, 5) is 9.90. The highest BCUT2D eigenvalue weighted by molar-refractivity contribution is 4.80. The van der Waals surface area contributed by atoms with Crippen molar-refractivity contribution in [2.75, 3.05) is 177 Å². The zero-order valence-electron chi connectivity index (χ0n) is 37.2. The van der Waals surface area contributed by atoms with Gasteiger partial charge in [0.1, 0.15) is 0 Å². The molecule has 0 saturated heterocycles. The monoisotopic (exact) mass is 820 g/mol. The summed E-state index contributed by atoms with van der Waals surface area (Å²) in [5.41, 5.74) is 40.4. The van der Waals surface area contributed by atoms with Crippen molar-refractivity contribution in [3.05, 3.63) is 0 Å². The summed E-state index contributed by atoms with van der Waals surface area (Å²) in [6, 6.07) is 0. The third-order valence-electron chi connectivity index (χ3n) is 10.3. The maximum Gasteiger partial charge on any atom is 0.0637 e. The summed E-state index contributed by atoms with van der Waals surface area (Å²) >= 11 is 0. The second-order valence-electron chi connectivity index (χ2n) is 15.8. The van der Waals surface area contributed by atoms with Crippen LogP contribution in [0.3, 0.4) is 0 Å². The first-order chi connectivity index (χ1) is 28.0. The smallest absolute Gasteiger partial charge is 0.0637 e. The molecule has 0 saturated carbocycles. The quantitative estimate of drug-likeness (QED) is 0.0426. The van der Waals surface area contributed by atoms with Gasteiger partial charge in [-0.1, -0.05) is 13.3 Å². The van der Waals surface area contributed by atoms with Gasteiger partial charge < -0.3 is 78.7 Å². The molecule has 0 rings (SSSR count). The first kappa shape index (κ1) is 56.4. The molecule has 15 heteroatoms. The van der Waals surface area contributed by atoms with E-state index in [2.05, 4.69) is 26.5 Å². The van der Waals surface area contributed by atoms with Crippen LogP contribution in [0.1, 0.15) is 90.4 Å². The molecule has 0 fully saturated rings. The zero-order chi connectivity index (χ0) is 41.9. The third kappa shape index (κ3) is 34.8. The summed E-state index contributed by atoms with van der Waals surface area (Å²) in [7, 11) is 0. The van der Waals surface area contributed by atoms with Crippen LogP contribution in [-0.4, -0.2) is 197 Å². The Morgan fingerprint density at radius 1 is 0.298 bits per heavy atom. The topological polar surface area (TPSA) is 232 Å². The van der Waals surface area contributed by atoms with Gasteiger partial charge in [0.25, 0.3) is 0 Å². The molecule has 14 N–H and O–H groups in total. The minimum Gasteiger partial charge on any atom is -0.381 e. The minimum absolute atomic E-state index is 0.433. The molecule has 344 valence electrons. The predicted octanol–water partition coefficient (Wildman–Crippen LogP) is 1.05. The van der Waals surface area contributed by atoms with Gasteiger partial charge in [0, 0.05) is 52.6 Å². The number of ether oxygens (including phenoxy) is 4. The molecule has 0 spiro atoms. The van der Waals surface area contributed by atoms with Crippen LogP contribution < -0.4 is 40.1 Å². The van der Waals surface area contributed by atoms with Gasteiger partial charge in [-0.05, 0) is 175 Å². The fourth-order valence-electron chi connectivity index (χ4n) is 6.89. The second kappa shape index (κ2) is 43.5. The normalized spacial score (nSPS) is 12.4. The molecule has 0 aliphatic rings. The van der Waals surface area contributed by atoms with Crippen molar-refractivity contribution < 1.29 is 18.9 Å². The lowest BCUT2D eigenvalue weighted by Gasteiger charge is -2.33. The Bertz CT molecular complexity index is 639. The highest BCUT2D eigenvalue weighted by Gasteiger charge is 2.33. The molecule has 57 heavy (non-hydrogen) atoms. The molecule has 0 radical (unpaired) electrons. The lowest BCUT2D eigenvalue weighted by molar-refractivity contribution is -0.108. The largest absolute Gasteiger partial charge is 0.381 e. The van der Waals surface area contributed by atoms with Crippen LogP contribution >= 0.6 is 0 Å². The zero-order valence-corrected chi connectivity index (χ0v) is 37.2. The Labute approximate surface area is 351 Å². The van der Waals surface area contributed by atoms with Gasteiger partial charge >= 0.3 is 0 Å². The molecular weight excluding hydrogens is 723 g/mol. The predicted molar refractivity (Wildman–Crippen MR) is 241 cm³/mol. The average Bonchev–Trinajstić information content (AvgIpc) is 3.22. The molecule has 0 aromatic rings. The van der Waals surface area contributed by atoms with Gasteiger partial charge in [0.05, 0.1) is 31.8 Å². The van der Waals surface area contributed by atoms with E-state index < -0.39 is 5.41 Å².